The lowest BCUT2D eigenvalue weighted by Gasteiger charge is -2.04. The molecule has 0 bridgehead atoms. The molecule has 1 aromatic carbocycles. The fraction of sp³-hybridized carbons (Fsp3) is 0.267. The van der Waals surface area contributed by atoms with E-state index in [9.17, 15) is 4.79 Å². The molecular formula is C15H17N5O. The molecule has 3 aromatic rings. The van der Waals surface area contributed by atoms with Crippen LogP contribution in [0.15, 0.2) is 36.7 Å². The van der Waals surface area contributed by atoms with Gasteiger partial charge in [0.1, 0.15) is 0 Å². The van der Waals surface area contributed by atoms with Crippen molar-refractivity contribution in [3.63, 3.8) is 0 Å². The van der Waals surface area contributed by atoms with Crippen LogP contribution in [0.3, 0.4) is 0 Å². The number of amides is 1. The molecule has 0 aliphatic carbocycles. The topological polar surface area (TPSA) is 75.6 Å². The number of para-hydroxylation sites is 2. The Morgan fingerprint density at radius 2 is 2.24 bits per heavy atom. The minimum atomic E-state index is -0.0538. The van der Waals surface area contributed by atoms with E-state index < -0.39 is 0 Å². The van der Waals surface area contributed by atoms with Gasteiger partial charge in [0.15, 0.2) is 5.82 Å². The van der Waals surface area contributed by atoms with Crippen LogP contribution in [0.5, 0.6) is 0 Å². The van der Waals surface area contributed by atoms with Gasteiger partial charge in [-0.3, -0.25) is 9.89 Å². The third-order valence-corrected chi connectivity index (χ3v) is 3.39. The standard InChI is InChI=1S/C15H17N5O/c1-2-11-9-14(19-18-11)17-15(21)7-8-20-10-16-12-5-3-4-6-13(12)20/h3-6,9-10H,2,7-8H2,1H3,(H2,17,18,19,21). The monoisotopic (exact) mass is 283 g/mol. The summed E-state index contributed by atoms with van der Waals surface area (Å²) < 4.78 is 1.98. The molecule has 0 saturated heterocycles. The summed E-state index contributed by atoms with van der Waals surface area (Å²) in [7, 11) is 0. The lowest BCUT2D eigenvalue weighted by atomic mass is 10.3. The van der Waals surface area contributed by atoms with Crippen LogP contribution < -0.4 is 5.32 Å². The smallest absolute Gasteiger partial charge is 0.227 e. The molecule has 0 aliphatic rings. The van der Waals surface area contributed by atoms with Crippen LogP contribution in [0, 0.1) is 0 Å². The fourth-order valence-electron chi connectivity index (χ4n) is 2.22. The minimum absolute atomic E-state index is 0.0538. The van der Waals surface area contributed by atoms with Gasteiger partial charge in [-0.2, -0.15) is 5.10 Å². The normalized spacial score (nSPS) is 10.9. The lowest BCUT2D eigenvalue weighted by Crippen LogP contribution is -2.14. The Morgan fingerprint density at radius 1 is 1.38 bits per heavy atom. The third kappa shape index (κ3) is 2.94. The van der Waals surface area contributed by atoms with Crippen LogP contribution in [0.4, 0.5) is 5.82 Å². The average Bonchev–Trinajstić information content (AvgIpc) is 3.11. The molecule has 2 aromatic heterocycles. The number of aryl methyl sites for hydroxylation is 2. The van der Waals surface area contributed by atoms with Gasteiger partial charge in [-0.25, -0.2) is 4.98 Å². The van der Waals surface area contributed by atoms with E-state index in [1.54, 1.807) is 6.33 Å². The van der Waals surface area contributed by atoms with Crippen molar-refractivity contribution in [1.29, 1.82) is 0 Å². The number of rotatable bonds is 5. The molecule has 6 nitrogen and oxygen atoms in total. The van der Waals surface area contributed by atoms with Gasteiger partial charge in [-0.05, 0) is 18.6 Å². The Morgan fingerprint density at radius 3 is 3.05 bits per heavy atom. The Labute approximate surface area is 122 Å². The summed E-state index contributed by atoms with van der Waals surface area (Å²) in [6.45, 7) is 2.63. The average molecular weight is 283 g/mol. The van der Waals surface area contributed by atoms with Crippen LogP contribution in [0.2, 0.25) is 0 Å². The molecule has 0 unspecified atom stereocenters. The summed E-state index contributed by atoms with van der Waals surface area (Å²) >= 11 is 0. The highest BCUT2D eigenvalue weighted by atomic mass is 16.1. The first-order chi connectivity index (χ1) is 10.3. The maximum absolute atomic E-state index is 11.9. The number of carbonyl (C=O) groups is 1. The van der Waals surface area contributed by atoms with E-state index >= 15 is 0 Å². The number of nitrogens with zero attached hydrogens (tertiary/aromatic N) is 3. The first-order valence-corrected chi connectivity index (χ1v) is 7.00. The number of hydrogen-bond acceptors (Lipinski definition) is 3. The van der Waals surface area contributed by atoms with Gasteiger partial charge < -0.3 is 9.88 Å². The summed E-state index contributed by atoms with van der Waals surface area (Å²) in [6, 6.07) is 9.74. The third-order valence-electron chi connectivity index (χ3n) is 3.39. The number of imidazole rings is 1. The summed E-state index contributed by atoms with van der Waals surface area (Å²) in [6.07, 6.45) is 3.01. The van der Waals surface area contributed by atoms with Crippen LogP contribution in [-0.2, 0) is 17.8 Å². The number of aromatic amines is 1. The molecular weight excluding hydrogens is 266 g/mol. The SMILES string of the molecule is CCc1cc(NC(=O)CCn2cnc3ccccc32)n[nH]1. The van der Waals surface area contributed by atoms with Crippen molar-refractivity contribution in [3.05, 3.63) is 42.4 Å². The van der Waals surface area contributed by atoms with Crippen molar-refractivity contribution in [2.45, 2.75) is 26.3 Å². The van der Waals surface area contributed by atoms with E-state index in [-0.39, 0.29) is 5.91 Å². The van der Waals surface area contributed by atoms with Crippen LogP contribution in [-0.4, -0.2) is 25.7 Å². The second-order valence-electron chi connectivity index (χ2n) is 4.86. The van der Waals surface area contributed by atoms with Gasteiger partial charge in [0.05, 0.1) is 17.4 Å². The summed E-state index contributed by atoms with van der Waals surface area (Å²) in [5.41, 5.74) is 2.99. The van der Waals surface area contributed by atoms with Gasteiger partial charge in [0.2, 0.25) is 5.91 Å². The zero-order chi connectivity index (χ0) is 14.7. The van der Waals surface area contributed by atoms with Crippen molar-refractivity contribution in [3.8, 4) is 0 Å². The van der Waals surface area contributed by atoms with Crippen LogP contribution in [0.1, 0.15) is 19.0 Å². The molecule has 0 spiro atoms. The van der Waals surface area contributed by atoms with Gasteiger partial charge in [-0.1, -0.05) is 19.1 Å². The minimum Gasteiger partial charge on any atom is -0.330 e. The quantitative estimate of drug-likeness (QED) is 0.754. The Hall–Kier alpha value is -2.63. The molecule has 6 heteroatoms. The predicted molar refractivity (Wildman–Crippen MR) is 80.9 cm³/mol. The van der Waals surface area contributed by atoms with E-state index in [0.717, 1.165) is 23.1 Å². The maximum Gasteiger partial charge on any atom is 0.227 e. The zero-order valence-electron chi connectivity index (χ0n) is 11.8. The van der Waals surface area contributed by atoms with Gasteiger partial charge in [0, 0.05) is 24.7 Å². The second kappa shape index (κ2) is 5.78. The summed E-state index contributed by atoms with van der Waals surface area (Å²) in [5, 5.41) is 9.71. The van der Waals surface area contributed by atoms with E-state index in [1.165, 1.54) is 0 Å². The molecule has 0 atom stereocenters. The van der Waals surface area contributed by atoms with E-state index in [2.05, 4.69) is 20.5 Å². The molecule has 2 N–H and O–H groups in total. The number of anilines is 1. The second-order valence-corrected chi connectivity index (χ2v) is 4.86. The van der Waals surface area contributed by atoms with Gasteiger partial charge >= 0.3 is 0 Å². The first kappa shape index (κ1) is 13.4. The highest BCUT2D eigenvalue weighted by Gasteiger charge is 2.07. The molecule has 0 aliphatic heterocycles. The number of hydrogen-bond donors (Lipinski definition) is 2. The van der Waals surface area contributed by atoms with Crippen molar-refractivity contribution in [1.82, 2.24) is 19.7 Å². The fourth-order valence-corrected chi connectivity index (χ4v) is 2.22. The number of H-pyrrole nitrogens is 1. The van der Waals surface area contributed by atoms with Crippen LogP contribution >= 0.6 is 0 Å². The van der Waals surface area contributed by atoms with Gasteiger partial charge in [-0.15, -0.1) is 0 Å². The molecule has 1 amide bonds. The number of fused-ring (bicyclic) bond motifs is 1. The molecule has 3 rings (SSSR count). The van der Waals surface area contributed by atoms with E-state index in [4.69, 9.17) is 0 Å². The Bertz CT molecular complexity index is 758. The molecule has 2 heterocycles. The first-order valence-electron chi connectivity index (χ1n) is 7.00. The van der Waals surface area contributed by atoms with Gasteiger partial charge in [0.25, 0.3) is 0 Å². The molecule has 0 radical (unpaired) electrons. The summed E-state index contributed by atoms with van der Waals surface area (Å²) in [5.74, 6) is 0.522. The Kier molecular flexibility index (Phi) is 3.68. The number of benzene rings is 1. The molecule has 21 heavy (non-hydrogen) atoms. The highest BCUT2D eigenvalue weighted by Crippen LogP contribution is 2.12. The molecule has 0 saturated carbocycles. The van der Waals surface area contributed by atoms with Crippen LogP contribution in [0.25, 0.3) is 11.0 Å². The summed E-state index contributed by atoms with van der Waals surface area (Å²) in [4.78, 5) is 16.3. The zero-order valence-corrected chi connectivity index (χ0v) is 11.8. The van der Waals surface area contributed by atoms with Crippen molar-refractivity contribution in [2.75, 3.05) is 5.32 Å². The van der Waals surface area contributed by atoms with Crippen molar-refractivity contribution < 1.29 is 4.79 Å². The van der Waals surface area contributed by atoms with E-state index in [0.29, 0.717) is 18.8 Å². The van der Waals surface area contributed by atoms with E-state index in [1.807, 2.05) is 41.8 Å². The molecule has 0 fully saturated rings. The highest BCUT2D eigenvalue weighted by molar-refractivity contribution is 5.89. The number of carbonyl (C=O) groups excluding carboxylic acids is 1. The number of nitrogens with one attached hydrogen (secondary N) is 2. The van der Waals surface area contributed by atoms with Crippen molar-refractivity contribution >= 4 is 22.8 Å². The van der Waals surface area contributed by atoms with Crippen molar-refractivity contribution in [2.24, 2.45) is 0 Å². The maximum atomic E-state index is 11.9. The predicted octanol–water partition coefficient (Wildman–Crippen LogP) is 2.35. The number of aromatic nitrogens is 4. The Balaban J connectivity index is 1.60. The lowest BCUT2D eigenvalue weighted by molar-refractivity contribution is -0.116. The largest absolute Gasteiger partial charge is 0.330 e. The molecule has 108 valence electrons.